The van der Waals surface area contributed by atoms with E-state index in [-0.39, 0.29) is 21.2 Å². The van der Waals surface area contributed by atoms with Crippen LogP contribution in [0.15, 0.2) is 71.6 Å². The van der Waals surface area contributed by atoms with Gasteiger partial charge in [-0.15, -0.1) is 0 Å². The van der Waals surface area contributed by atoms with Crippen molar-refractivity contribution in [1.29, 1.82) is 0 Å². The zero-order valence-corrected chi connectivity index (χ0v) is 18.5. The summed E-state index contributed by atoms with van der Waals surface area (Å²) in [6.07, 6.45) is 0. The Bertz CT molecular complexity index is 1280. The van der Waals surface area contributed by atoms with Crippen LogP contribution in [0.5, 0.6) is 0 Å². The van der Waals surface area contributed by atoms with Crippen molar-refractivity contribution in [1.82, 2.24) is 0 Å². The molecule has 0 saturated heterocycles. The van der Waals surface area contributed by atoms with Gasteiger partial charge in [0.15, 0.2) is 0 Å². The highest BCUT2D eigenvalue weighted by Crippen LogP contribution is 2.28. The third kappa shape index (κ3) is 4.90. The zero-order chi connectivity index (χ0) is 23.5. The van der Waals surface area contributed by atoms with E-state index in [1.54, 1.807) is 37.3 Å². The highest BCUT2D eigenvalue weighted by atomic mass is 35.5. The van der Waals surface area contributed by atoms with Crippen molar-refractivity contribution in [3.63, 3.8) is 0 Å². The molecule has 2 amide bonds. The monoisotopic (exact) mass is 475 g/mol. The van der Waals surface area contributed by atoms with Crippen molar-refractivity contribution in [2.24, 2.45) is 5.73 Å². The molecule has 0 aromatic heterocycles. The molecule has 0 atom stereocenters. The van der Waals surface area contributed by atoms with Crippen LogP contribution >= 0.6 is 11.6 Å². The maximum atomic E-state index is 13.7. The minimum atomic E-state index is -4.19. The second-order valence-corrected chi connectivity index (χ2v) is 9.08. The Hall–Kier alpha value is -3.43. The SMILES string of the molecule is Cc1c(NC(=O)CN(c2ccc(F)c(Cl)c2)S(=O)(=O)c2ccccc2)cccc1C(N)=O. The lowest BCUT2D eigenvalue weighted by atomic mass is 10.1. The van der Waals surface area contributed by atoms with Gasteiger partial charge >= 0.3 is 0 Å². The molecule has 0 unspecified atom stereocenters. The van der Waals surface area contributed by atoms with E-state index in [2.05, 4.69) is 5.32 Å². The summed E-state index contributed by atoms with van der Waals surface area (Å²) < 4.78 is 41.0. The molecule has 166 valence electrons. The second-order valence-electron chi connectivity index (χ2n) is 6.81. The Kier molecular flexibility index (Phi) is 6.81. The third-order valence-electron chi connectivity index (χ3n) is 4.68. The van der Waals surface area contributed by atoms with E-state index in [9.17, 15) is 22.4 Å². The molecule has 0 spiro atoms. The fourth-order valence-corrected chi connectivity index (χ4v) is 4.64. The van der Waals surface area contributed by atoms with Crippen molar-refractivity contribution in [3.8, 4) is 0 Å². The Morgan fingerprint density at radius 3 is 2.38 bits per heavy atom. The van der Waals surface area contributed by atoms with Gasteiger partial charge in [0.1, 0.15) is 12.4 Å². The van der Waals surface area contributed by atoms with Gasteiger partial charge in [-0.05, 0) is 55.0 Å². The first kappa shape index (κ1) is 23.2. The number of sulfonamides is 1. The molecule has 3 aromatic carbocycles. The van der Waals surface area contributed by atoms with Gasteiger partial charge in [-0.1, -0.05) is 35.9 Å². The molecule has 3 aromatic rings. The van der Waals surface area contributed by atoms with Crippen LogP contribution in [-0.2, 0) is 14.8 Å². The number of hydrogen-bond donors (Lipinski definition) is 2. The highest BCUT2D eigenvalue weighted by molar-refractivity contribution is 7.92. The molecule has 7 nitrogen and oxygen atoms in total. The van der Waals surface area contributed by atoms with E-state index in [1.807, 2.05) is 0 Å². The fraction of sp³-hybridized carbons (Fsp3) is 0.0909. The lowest BCUT2D eigenvalue weighted by Gasteiger charge is -2.24. The van der Waals surface area contributed by atoms with E-state index >= 15 is 0 Å². The van der Waals surface area contributed by atoms with Gasteiger partial charge in [0.05, 0.1) is 15.6 Å². The van der Waals surface area contributed by atoms with Crippen LogP contribution in [0.4, 0.5) is 15.8 Å². The number of carbonyl (C=O) groups is 2. The number of nitrogens with zero attached hydrogens (tertiary/aromatic N) is 1. The van der Waals surface area contributed by atoms with E-state index in [1.165, 1.54) is 24.3 Å². The van der Waals surface area contributed by atoms with E-state index in [4.69, 9.17) is 17.3 Å². The van der Waals surface area contributed by atoms with Crippen LogP contribution in [0.2, 0.25) is 5.02 Å². The van der Waals surface area contributed by atoms with Gasteiger partial charge in [0.25, 0.3) is 10.0 Å². The summed E-state index contributed by atoms with van der Waals surface area (Å²) in [7, 11) is -4.19. The first-order chi connectivity index (χ1) is 15.1. The van der Waals surface area contributed by atoms with Crippen molar-refractivity contribution in [2.45, 2.75) is 11.8 Å². The van der Waals surface area contributed by atoms with Gasteiger partial charge in [0, 0.05) is 11.3 Å². The number of nitrogens with two attached hydrogens (primary N) is 1. The summed E-state index contributed by atoms with van der Waals surface area (Å²) in [5, 5.41) is 2.30. The Balaban J connectivity index is 1.98. The molecule has 0 heterocycles. The number of hydrogen-bond acceptors (Lipinski definition) is 4. The first-order valence-electron chi connectivity index (χ1n) is 9.33. The summed E-state index contributed by atoms with van der Waals surface area (Å²) in [4.78, 5) is 24.3. The molecule has 0 aliphatic heterocycles. The summed E-state index contributed by atoms with van der Waals surface area (Å²) in [6.45, 7) is 0.980. The van der Waals surface area contributed by atoms with Crippen molar-refractivity contribution in [2.75, 3.05) is 16.2 Å². The van der Waals surface area contributed by atoms with Gasteiger partial charge in [-0.25, -0.2) is 12.8 Å². The number of benzene rings is 3. The molecule has 32 heavy (non-hydrogen) atoms. The number of anilines is 2. The Morgan fingerprint density at radius 1 is 1.06 bits per heavy atom. The predicted octanol–water partition coefficient (Wildman–Crippen LogP) is 3.72. The van der Waals surface area contributed by atoms with Gasteiger partial charge in [-0.2, -0.15) is 0 Å². The molecular weight excluding hydrogens is 457 g/mol. The van der Waals surface area contributed by atoms with Gasteiger partial charge in [-0.3, -0.25) is 13.9 Å². The molecule has 3 N–H and O–H groups in total. The van der Waals surface area contributed by atoms with Crippen LogP contribution in [0.25, 0.3) is 0 Å². The lowest BCUT2D eigenvalue weighted by Crippen LogP contribution is -2.38. The van der Waals surface area contributed by atoms with E-state index in [0.29, 0.717) is 11.3 Å². The maximum absolute atomic E-state index is 13.7. The number of rotatable bonds is 7. The molecule has 10 heteroatoms. The molecule has 0 aliphatic carbocycles. The van der Waals surface area contributed by atoms with E-state index < -0.39 is 34.2 Å². The first-order valence-corrected chi connectivity index (χ1v) is 11.1. The molecule has 0 saturated carbocycles. The van der Waals surface area contributed by atoms with Gasteiger partial charge in [0.2, 0.25) is 11.8 Å². The largest absolute Gasteiger partial charge is 0.366 e. The number of primary amides is 1. The van der Waals surface area contributed by atoms with Crippen molar-refractivity contribution in [3.05, 3.63) is 88.7 Å². The number of carbonyl (C=O) groups excluding carboxylic acids is 2. The third-order valence-corrected chi connectivity index (χ3v) is 6.76. The summed E-state index contributed by atoms with van der Waals surface area (Å²) >= 11 is 5.85. The Labute approximate surface area is 189 Å². The number of nitrogens with one attached hydrogen (secondary N) is 1. The molecule has 0 radical (unpaired) electrons. The molecule has 0 aliphatic rings. The van der Waals surface area contributed by atoms with Crippen LogP contribution < -0.4 is 15.4 Å². The van der Waals surface area contributed by atoms with Crippen LogP contribution in [0.1, 0.15) is 15.9 Å². The number of amides is 2. The molecular formula is C22H19ClFN3O4S. The quantitative estimate of drug-likeness (QED) is 0.542. The molecule has 3 rings (SSSR count). The zero-order valence-electron chi connectivity index (χ0n) is 16.9. The fourth-order valence-electron chi connectivity index (χ4n) is 3.03. The van der Waals surface area contributed by atoms with Crippen molar-refractivity contribution < 1.29 is 22.4 Å². The average molecular weight is 476 g/mol. The minimum Gasteiger partial charge on any atom is -0.366 e. The normalized spacial score (nSPS) is 11.1. The second kappa shape index (κ2) is 9.37. The average Bonchev–Trinajstić information content (AvgIpc) is 2.76. The smallest absolute Gasteiger partial charge is 0.264 e. The van der Waals surface area contributed by atoms with Crippen LogP contribution in [-0.4, -0.2) is 26.8 Å². The molecule has 0 fully saturated rings. The van der Waals surface area contributed by atoms with Crippen LogP contribution in [0.3, 0.4) is 0 Å². The van der Waals surface area contributed by atoms with Crippen molar-refractivity contribution >= 4 is 44.8 Å². The topological polar surface area (TPSA) is 110 Å². The summed E-state index contributed by atoms with van der Waals surface area (Å²) in [5.41, 5.74) is 6.32. The molecule has 0 bridgehead atoms. The predicted molar refractivity (Wildman–Crippen MR) is 121 cm³/mol. The standard InChI is InChI=1S/C22H19ClFN3O4S/c1-14-17(22(25)29)8-5-9-20(14)26-21(28)13-27(15-10-11-19(24)18(23)12-15)32(30,31)16-6-3-2-4-7-16/h2-12H,13H2,1H3,(H2,25,29)(H,26,28). The minimum absolute atomic E-state index is 0.0120. The van der Waals surface area contributed by atoms with E-state index in [0.717, 1.165) is 16.4 Å². The lowest BCUT2D eigenvalue weighted by molar-refractivity contribution is -0.114. The maximum Gasteiger partial charge on any atom is 0.264 e. The summed E-state index contributed by atoms with van der Waals surface area (Å²) in [5.74, 6) is -2.07. The van der Waals surface area contributed by atoms with Gasteiger partial charge < -0.3 is 11.1 Å². The number of halogens is 2. The summed E-state index contributed by atoms with van der Waals surface area (Å²) in [6, 6.07) is 15.5. The highest BCUT2D eigenvalue weighted by Gasteiger charge is 2.28. The van der Waals surface area contributed by atoms with Crippen LogP contribution in [0, 0.1) is 12.7 Å². The Morgan fingerprint density at radius 2 is 1.75 bits per heavy atom.